The number of carbonyl (C=O) groups is 1. The predicted octanol–water partition coefficient (Wildman–Crippen LogP) is 2.62. The second kappa shape index (κ2) is 7.29. The smallest absolute Gasteiger partial charge is 0.321 e. The van der Waals surface area contributed by atoms with E-state index in [1.807, 2.05) is 11.5 Å². The van der Waals surface area contributed by atoms with Gasteiger partial charge in [0.2, 0.25) is 0 Å². The third-order valence-electron chi connectivity index (χ3n) is 4.37. The Labute approximate surface area is 144 Å². The third-order valence-corrected chi connectivity index (χ3v) is 4.37. The molecule has 9 nitrogen and oxygen atoms in total. The van der Waals surface area contributed by atoms with E-state index in [0.29, 0.717) is 18.8 Å². The molecule has 2 heterocycles. The molecule has 1 saturated heterocycles. The Kier molecular flexibility index (Phi) is 4.92. The summed E-state index contributed by atoms with van der Waals surface area (Å²) in [5, 5.41) is 21.7. The van der Waals surface area contributed by atoms with Gasteiger partial charge in [0.05, 0.1) is 4.92 Å². The van der Waals surface area contributed by atoms with E-state index < -0.39 is 4.92 Å². The first-order valence-corrected chi connectivity index (χ1v) is 8.26. The van der Waals surface area contributed by atoms with Crippen LogP contribution in [0.2, 0.25) is 0 Å². The topological polar surface area (TPSA) is 106 Å². The van der Waals surface area contributed by atoms with E-state index in [2.05, 4.69) is 15.5 Å². The predicted molar refractivity (Wildman–Crippen MR) is 91.4 cm³/mol. The van der Waals surface area contributed by atoms with Crippen LogP contribution in [0.3, 0.4) is 0 Å². The fourth-order valence-corrected chi connectivity index (χ4v) is 3.10. The first-order valence-electron chi connectivity index (χ1n) is 8.26. The fraction of sp³-hybridized carbons (Fsp3) is 0.438. The highest BCUT2D eigenvalue weighted by Gasteiger charge is 2.28. The molecule has 0 saturated carbocycles. The monoisotopic (exact) mass is 344 g/mol. The number of amides is 2. The number of benzene rings is 1. The molecule has 1 atom stereocenters. The van der Waals surface area contributed by atoms with E-state index in [4.69, 9.17) is 0 Å². The molecular formula is C16H20N6O3. The summed E-state index contributed by atoms with van der Waals surface area (Å²) >= 11 is 0. The molecular weight excluding hydrogens is 324 g/mol. The second-order valence-electron chi connectivity index (χ2n) is 6.00. The molecule has 1 aromatic carbocycles. The SMILES string of the molecule is CCn1cnnc1C1CCCN(C(=O)Nc2cccc([N+](=O)[O-])c2)C1. The second-order valence-corrected chi connectivity index (χ2v) is 6.00. The van der Waals surface area contributed by atoms with Crippen LogP contribution < -0.4 is 5.32 Å². The van der Waals surface area contributed by atoms with Crippen LogP contribution in [0, 0.1) is 10.1 Å². The van der Waals surface area contributed by atoms with Crippen LogP contribution in [0.25, 0.3) is 0 Å². The fourth-order valence-electron chi connectivity index (χ4n) is 3.10. The van der Waals surface area contributed by atoms with Crippen molar-refractivity contribution in [2.24, 2.45) is 0 Å². The Morgan fingerprint density at radius 2 is 2.32 bits per heavy atom. The van der Waals surface area contributed by atoms with Gasteiger partial charge in [0.1, 0.15) is 12.2 Å². The molecule has 0 bridgehead atoms. The molecule has 1 aliphatic rings. The number of nitro groups is 1. The highest BCUT2D eigenvalue weighted by atomic mass is 16.6. The maximum atomic E-state index is 12.5. The van der Waals surface area contributed by atoms with Crippen LogP contribution in [-0.4, -0.2) is 43.7 Å². The Morgan fingerprint density at radius 1 is 1.48 bits per heavy atom. The molecule has 9 heteroatoms. The van der Waals surface area contributed by atoms with Crippen molar-refractivity contribution >= 4 is 17.4 Å². The molecule has 0 spiro atoms. The number of piperidine rings is 1. The lowest BCUT2D eigenvalue weighted by molar-refractivity contribution is -0.384. The number of nitrogens with one attached hydrogen (secondary N) is 1. The third kappa shape index (κ3) is 3.76. The van der Waals surface area contributed by atoms with Crippen molar-refractivity contribution in [3.05, 3.63) is 46.5 Å². The van der Waals surface area contributed by atoms with Gasteiger partial charge in [-0.3, -0.25) is 10.1 Å². The molecule has 1 unspecified atom stereocenters. The first kappa shape index (κ1) is 16.9. The van der Waals surface area contributed by atoms with Crippen molar-refractivity contribution in [2.75, 3.05) is 18.4 Å². The van der Waals surface area contributed by atoms with Crippen molar-refractivity contribution in [3.63, 3.8) is 0 Å². The van der Waals surface area contributed by atoms with Crippen LogP contribution in [0.15, 0.2) is 30.6 Å². The highest BCUT2D eigenvalue weighted by molar-refractivity contribution is 5.89. The van der Waals surface area contributed by atoms with Crippen molar-refractivity contribution in [2.45, 2.75) is 32.2 Å². The molecule has 1 fully saturated rings. The van der Waals surface area contributed by atoms with Gasteiger partial charge in [0.15, 0.2) is 0 Å². The Balaban J connectivity index is 1.68. The lowest BCUT2D eigenvalue weighted by Gasteiger charge is -2.32. The molecule has 1 N–H and O–H groups in total. The molecule has 2 aromatic rings. The number of aromatic nitrogens is 3. The maximum absolute atomic E-state index is 12.5. The number of rotatable bonds is 4. The van der Waals surface area contributed by atoms with Gasteiger partial charge in [-0.2, -0.15) is 0 Å². The summed E-state index contributed by atoms with van der Waals surface area (Å²) in [5.74, 6) is 1.04. The van der Waals surface area contributed by atoms with E-state index >= 15 is 0 Å². The van der Waals surface area contributed by atoms with Crippen LogP contribution in [0.1, 0.15) is 31.5 Å². The zero-order chi connectivity index (χ0) is 17.8. The summed E-state index contributed by atoms with van der Waals surface area (Å²) in [6.07, 6.45) is 3.54. The molecule has 0 aliphatic carbocycles. The average molecular weight is 344 g/mol. The Bertz CT molecular complexity index is 775. The summed E-state index contributed by atoms with van der Waals surface area (Å²) in [6.45, 7) is 4.03. The first-order chi connectivity index (χ1) is 12.1. The quantitative estimate of drug-likeness (QED) is 0.678. The van der Waals surface area contributed by atoms with Gasteiger partial charge in [-0.05, 0) is 25.8 Å². The lowest BCUT2D eigenvalue weighted by Crippen LogP contribution is -2.42. The maximum Gasteiger partial charge on any atom is 0.321 e. The molecule has 25 heavy (non-hydrogen) atoms. The highest BCUT2D eigenvalue weighted by Crippen LogP contribution is 2.26. The summed E-state index contributed by atoms with van der Waals surface area (Å²) in [4.78, 5) is 24.6. The van der Waals surface area contributed by atoms with Gasteiger partial charge in [0.25, 0.3) is 5.69 Å². The molecule has 3 rings (SSSR count). The molecule has 2 amide bonds. The summed E-state index contributed by atoms with van der Waals surface area (Å²) in [5.41, 5.74) is 0.364. The van der Waals surface area contributed by atoms with Gasteiger partial charge in [0, 0.05) is 43.4 Å². The van der Waals surface area contributed by atoms with E-state index in [0.717, 1.165) is 25.2 Å². The lowest BCUT2D eigenvalue weighted by atomic mass is 9.97. The van der Waals surface area contributed by atoms with Crippen LogP contribution in [0.4, 0.5) is 16.2 Å². The number of hydrogen-bond acceptors (Lipinski definition) is 5. The standard InChI is InChI=1S/C16H20N6O3/c1-2-20-11-17-19-15(20)12-5-4-8-21(10-12)16(23)18-13-6-3-7-14(9-13)22(24)25/h3,6-7,9,11-12H,2,4-5,8,10H2,1H3,(H,18,23). The van der Waals surface area contributed by atoms with Crippen molar-refractivity contribution < 1.29 is 9.72 Å². The summed E-state index contributed by atoms with van der Waals surface area (Å²) in [7, 11) is 0. The van der Waals surface area contributed by atoms with Crippen LogP contribution >= 0.6 is 0 Å². The minimum absolute atomic E-state index is 0.0506. The molecule has 132 valence electrons. The molecule has 1 aliphatic heterocycles. The number of urea groups is 1. The van der Waals surface area contributed by atoms with Gasteiger partial charge in [-0.25, -0.2) is 4.79 Å². The number of carbonyl (C=O) groups excluding carboxylic acids is 1. The molecule has 0 radical (unpaired) electrons. The van der Waals surface area contributed by atoms with E-state index in [1.54, 1.807) is 23.4 Å². The minimum atomic E-state index is -0.482. The number of anilines is 1. The Hall–Kier alpha value is -2.97. The van der Waals surface area contributed by atoms with Crippen molar-refractivity contribution in [3.8, 4) is 0 Å². The zero-order valence-electron chi connectivity index (χ0n) is 14.0. The largest absolute Gasteiger partial charge is 0.324 e. The normalized spacial score (nSPS) is 17.3. The number of likely N-dealkylation sites (tertiary alicyclic amines) is 1. The van der Waals surface area contributed by atoms with Crippen LogP contribution in [0.5, 0.6) is 0 Å². The van der Waals surface area contributed by atoms with Crippen LogP contribution in [-0.2, 0) is 6.54 Å². The Morgan fingerprint density at radius 3 is 3.08 bits per heavy atom. The number of non-ortho nitro benzene ring substituents is 1. The van der Waals surface area contributed by atoms with Gasteiger partial charge in [-0.15, -0.1) is 10.2 Å². The van der Waals surface area contributed by atoms with Gasteiger partial charge in [-0.1, -0.05) is 6.07 Å². The van der Waals surface area contributed by atoms with E-state index in [-0.39, 0.29) is 17.6 Å². The van der Waals surface area contributed by atoms with Crippen molar-refractivity contribution in [1.82, 2.24) is 19.7 Å². The van der Waals surface area contributed by atoms with E-state index in [9.17, 15) is 14.9 Å². The van der Waals surface area contributed by atoms with Gasteiger partial charge >= 0.3 is 6.03 Å². The number of aryl methyl sites for hydroxylation is 1. The average Bonchev–Trinajstić information content (AvgIpc) is 3.11. The van der Waals surface area contributed by atoms with Crippen molar-refractivity contribution in [1.29, 1.82) is 0 Å². The minimum Gasteiger partial charge on any atom is -0.324 e. The number of hydrogen-bond donors (Lipinski definition) is 1. The zero-order valence-corrected chi connectivity index (χ0v) is 14.0. The molecule has 1 aromatic heterocycles. The summed E-state index contributed by atoms with van der Waals surface area (Å²) in [6, 6.07) is 5.68. The number of nitro benzene ring substituents is 1. The van der Waals surface area contributed by atoms with Gasteiger partial charge < -0.3 is 14.8 Å². The summed E-state index contributed by atoms with van der Waals surface area (Å²) < 4.78 is 1.99. The number of nitrogens with zero attached hydrogens (tertiary/aromatic N) is 5. The van der Waals surface area contributed by atoms with E-state index in [1.165, 1.54) is 12.1 Å².